The lowest BCUT2D eigenvalue weighted by Crippen LogP contribution is -2.31. The number of H-pyrrole nitrogens is 1. The number of rotatable bonds is 7. The van der Waals surface area contributed by atoms with Crippen LogP contribution in [0, 0.1) is 0 Å². The molecular weight excluding hydrogens is 278 g/mol. The molecule has 5 nitrogen and oxygen atoms in total. The van der Waals surface area contributed by atoms with Crippen LogP contribution in [0.15, 0.2) is 54.7 Å². The zero-order valence-electron chi connectivity index (χ0n) is 12.2. The summed E-state index contributed by atoms with van der Waals surface area (Å²) in [5.74, 6) is 0.770. The normalized spacial score (nSPS) is 12.4. The third-order valence-corrected chi connectivity index (χ3v) is 3.40. The van der Waals surface area contributed by atoms with Crippen LogP contribution in [0.25, 0.3) is 10.9 Å². The van der Waals surface area contributed by atoms with Gasteiger partial charge in [-0.05, 0) is 23.8 Å². The predicted molar refractivity (Wildman–Crippen MR) is 85.7 cm³/mol. The molecule has 1 heterocycles. The molecule has 1 aromatic heterocycles. The number of para-hydroxylation sites is 1. The van der Waals surface area contributed by atoms with Crippen LogP contribution < -0.4 is 10.1 Å². The van der Waals surface area contributed by atoms with Gasteiger partial charge in [-0.1, -0.05) is 30.3 Å². The lowest BCUT2D eigenvalue weighted by atomic mass is 10.1. The van der Waals surface area contributed by atoms with Crippen molar-refractivity contribution in [1.82, 2.24) is 15.5 Å². The van der Waals surface area contributed by atoms with E-state index in [0.717, 1.165) is 22.2 Å². The van der Waals surface area contributed by atoms with Gasteiger partial charge in [0, 0.05) is 18.5 Å². The molecule has 0 amide bonds. The van der Waals surface area contributed by atoms with E-state index in [2.05, 4.69) is 27.6 Å². The first kappa shape index (κ1) is 14.6. The highest BCUT2D eigenvalue weighted by atomic mass is 16.5. The van der Waals surface area contributed by atoms with Crippen LogP contribution >= 0.6 is 0 Å². The number of ether oxygens (including phenoxy) is 1. The first-order valence-electron chi connectivity index (χ1n) is 7.30. The second-order valence-electron chi connectivity index (χ2n) is 5.20. The lowest BCUT2D eigenvalue weighted by molar-refractivity contribution is 0.106. The van der Waals surface area contributed by atoms with E-state index in [4.69, 9.17) is 4.74 Å². The third kappa shape index (κ3) is 3.84. The van der Waals surface area contributed by atoms with E-state index in [-0.39, 0.29) is 6.61 Å². The maximum absolute atomic E-state index is 9.92. The molecule has 0 spiro atoms. The standard InChI is InChI=1S/C17H19N3O2/c21-15(12-22-16-4-2-1-3-5-16)11-18-9-13-6-7-14-10-19-20-17(14)8-13/h1-8,10,15,18,21H,9,11-12H2,(H,19,20). The highest BCUT2D eigenvalue weighted by molar-refractivity contribution is 5.78. The fraction of sp³-hybridized carbons (Fsp3) is 0.235. The fourth-order valence-corrected chi connectivity index (χ4v) is 2.25. The van der Waals surface area contributed by atoms with Crippen LogP contribution in [0.1, 0.15) is 5.56 Å². The number of hydrogen-bond acceptors (Lipinski definition) is 4. The average Bonchev–Trinajstić information content (AvgIpc) is 3.02. The van der Waals surface area contributed by atoms with Crippen LogP contribution in [0.5, 0.6) is 5.75 Å². The van der Waals surface area contributed by atoms with Crippen LogP contribution in [-0.4, -0.2) is 34.6 Å². The number of aliphatic hydroxyl groups excluding tert-OH is 1. The van der Waals surface area contributed by atoms with E-state index in [1.807, 2.05) is 36.4 Å². The Hall–Kier alpha value is -2.37. The molecule has 1 unspecified atom stereocenters. The Morgan fingerprint density at radius 3 is 2.91 bits per heavy atom. The first-order chi connectivity index (χ1) is 10.8. The Morgan fingerprint density at radius 2 is 2.05 bits per heavy atom. The maximum atomic E-state index is 9.92. The van der Waals surface area contributed by atoms with Gasteiger partial charge in [0.2, 0.25) is 0 Å². The minimum Gasteiger partial charge on any atom is -0.491 e. The summed E-state index contributed by atoms with van der Waals surface area (Å²) in [6.07, 6.45) is 1.26. The molecule has 1 atom stereocenters. The minimum atomic E-state index is -0.545. The van der Waals surface area contributed by atoms with Crippen molar-refractivity contribution >= 4 is 10.9 Å². The molecule has 3 N–H and O–H groups in total. The molecule has 3 rings (SSSR count). The smallest absolute Gasteiger partial charge is 0.119 e. The summed E-state index contributed by atoms with van der Waals surface area (Å²) in [6.45, 7) is 1.45. The van der Waals surface area contributed by atoms with Gasteiger partial charge in [-0.3, -0.25) is 5.10 Å². The summed E-state index contributed by atoms with van der Waals surface area (Å²) >= 11 is 0. The van der Waals surface area contributed by atoms with Crippen LogP contribution in [0.2, 0.25) is 0 Å². The molecule has 0 saturated carbocycles. The molecule has 3 aromatic rings. The van der Waals surface area contributed by atoms with E-state index < -0.39 is 6.10 Å². The van der Waals surface area contributed by atoms with Gasteiger partial charge < -0.3 is 15.2 Å². The summed E-state index contributed by atoms with van der Waals surface area (Å²) in [6, 6.07) is 15.6. The van der Waals surface area contributed by atoms with Crippen molar-refractivity contribution in [2.24, 2.45) is 0 Å². The largest absolute Gasteiger partial charge is 0.491 e. The van der Waals surface area contributed by atoms with Gasteiger partial charge in [-0.25, -0.2) is 0 Å². The van der Waals surface area contributed by atoms with Gasteiger partial charge >= 0.3 is 0 Å². The highest BCUT2D eigenvalue weighted by Crippen LogP contribution is 2.12. The molecule has 5 heteroatoms. The number of fused-ring (bicyclic) bond motifs is 1. The Kier molecular flexibility index (Phi) is 4.68. The van der Waals surface area contributed by atoms with Crippen molar-refractivity contribution in [2.75, 3.05) is 13.2 Å². The number of benzene rings is 2. The van der Waals surface area contributed by atoms with E-state index in [9.17, 15) is 5.11 Å². The van der Waals surface area contributed by atoms with Crippen molar-refractivity contribution in [3.63, 3.8) is 0 Å². The van der Waals surface area contributed by atoms with Gasteiger partial charge in [0.15, 0.2) is 0 Å². The highest BCUT2D eigenvalue weighted by Gasteiger charge is 2.05. The second kappa shape index (κ2) is 7.06. The SMILES string of the molecule is OC(CNCc1ccc2cn[nH]c2c1)COc1ccccc1. The summed E-state index contributed by atoms with van der Waals surface area (Å²) in [5, 5.41) is 21.2. The van der Waals surface area contributed by atoms with Gasteiger partial charge in [-0.15, -0.1) is 0 Å². The molecular formula is C17H19N3O2. The van der Waals surface area contributed by atoms with Gasteiger partial charge in [-0.2, -0.15) is 5.10 Å². The maximum Gasteiger partial charge on any atom is 0.119 e. The van der Waals surface area contributed by atoms with E-state index in [1.54, 1.807) is 6.20 Å². The minimum absolute atomic E-state index is 0.274. The molecule has 0 bridgehead atoms. The third-order valence-electron chi connectivity index (χ3n) is 3.40. The van der Waals surface area contributed by atoms with Crippen molar-refractivity contribution in [3.05, 3.63) is 60.3 Å². The molecule has 0 saturated heterocycles. The Bertz CT molecular complexity index is 712. The zero-order chi connectivity index (χ0) is 15.2. The Balaban J connectivity index is 1.42. The number of hydrogen-bond donors (Lipinski definition) is 3. The first-order valence-corrected chi connectivity index (χ1v) is 7.30. The molecule has 2 aromatic carbocycles. The van der Waals surface area contributed by atoms with Gasteiger partial charge in [0.25, 0.3) is 0 Å². The van der Waals surface area contributed by atoms with Crippen LogP contribution in [-0.2, 0) is 6.54 Å². The molecule has 22 heavy (non-hydrogen) atoms. The van der Waals surface area contributed by atoms with Crippen molar-refractivity contribution in [3.8, 4) is 5.75 Å². The number of aromatic nitrogens is 2. The van der Waals surface area contributed by atoms with Crippen molar-refractivity contribution in [1.29, 1.82) is 0 Å². The number of nitrogens with zero attached hydrogens (tertiary/aromatic N) is 1. The molecule has 114 valence electrons. The van der Waals surface area contributed by atoms with E-state index in [0.29, 0.717) is 13.1 Å². The monoisotopic (exact) mass is 297 g/mol. The predicted octanol–water partition coefficient (Wildman–Crippen LogP) is 2.09. The Labute approximate surface area is 128 Å². The number of aliphatic hydroxyl groups is 1. The van der Waals surface area contributed by atoms with E-state index >= 15 is 0 Å². The van der Waals surface area contributed by atoms with Crippen molar-refractivity contribution < 1.29 is 9.84 Å². The van der Waals surface area contributed by atoms with Gasteiger partial charge in [0.05, 0.1) is 11.7 Å². The molecule has 0 fully saturated rings. The summed E-state index contributed by atoms with van der Waals surface area (Å²) in [4.78, 5) is 0. The van der Waals surface area contributed by atoms with Crippen LogP contribution in [0.4, 0.5) is 0 Å². The summed E-state index contributed by atoms with van der Waals surface area (Å²) < 4.78 is 5.51. The topological polar surface area (TPSA) is 70.2 Å². The molecule has 0 radical (unpaired) electrons. The quantitative estimate of drug-likeness (QED) is 0.624. The summed E-state index contributed by atoms with van der Waals surface area (Å²) in [7, 11) is 0. The van der Waals surface area contributed by atoms with Gasteiger partial charge in [0.1, 0.15) is 18.5 Å². The Morgan fingerprint density at radius 1 is 1.18 bits per heavy atom. The zero-order valence-corrected chi connectivity index (χ0v) is 12.2. The van der Waals surface area contributed by atoms with Crippen LogP contribution in [0.3, 0.4) is 0 Å². The molecule has 0 aliphatic rings. The molecule has 0 aliphatic heterocycles. The van der Waals surface area contributed by atoms with E-state index in [1.165, 1.54) is 0 Å². The number of aromatic amines is 1. The second-order valence-corrected chi connectivity index (χ2v) is 5.20. The molecule has 0 aliphatic carbocycles. The average molecular weight is 297 g/mol. The number of nitrogens with one attached hydrogen (secondary N) is 2. The summed E-state index contributed by atoms with van der Waals surface area (Å²) in [5.41, 5.74) is 2.17. The lowest BCUT2D eigenvalue weighted by Gasteiger charge is -2.13. The fourth-order valence-electron chi connectivity index (χ4n) is 2.25. The van der Waals surface area contributed by atoms with Crippen molar-refractivity contribution in [2.45, 2.75) is 12.6 Å².